The molecule has 11 nitrogen and oxygen atoms in total. The van der Waals surface area contributed by atoms with Crippen molar-refractivity contribution in [3.05, 3.63) is 72.9 Å². The summed E-state index contributed by atoms with van der Waals surface area (Å²) in [7, 11) is -4.77. The minimum atomic E-state index is -4.77. The zero-order valence-electron chi connectivity index (χ0n) is 38.6. The van der Waals surface area contributed by atoms with Crippen molar-refractivity contribution >= 4 is 25.7 Å². The van der Waals surface area contributed by atoms with E-state index in [4.69, 9.17) is 13.8 Å². The molecule has 0 saturated carbocycles. The first-order chi connectivity index (χ1) is 30.1. The van der Waals surface area contributed by atoms with E-state index in [1.807, 2.05) is 0 Å². The lowest BCUT2D eigenvalue weighted by Gasteiger charge is -2.18. The summed E-state index contributed by atoms with van der Waals surface area (Å²) in [5.41, 5.74) is 0. The predicted octanol–water partition coefficient (Wildman–Crippen LogP) is 12.9. The number of phosphoric acid groups is 1. The molecule has 0 aromatic heterocycles. The number of aliphatic hydroxyl groups is 1. The number of carboxylic acid groups (broad SMARTS) is 1. The number of allylic oxidation sites excluding steroid dienone is 12. The van der Waals surface area contributed by atoms with Crippen LogP contribution in [0, 0.1) is 0 Å². The van der Waals surface area contributed by atoms with Crippen LogP contribution in [0.5, 0.6) is 0 Å². The van der Waals surface area contributed by atoms with Crippen LogP contribution < -0.4 is 5.32 Å². The molecule has 0 rings (SSSR count). The van der Waals surface area contributed by atoms with Crippen LogP contribution in [0.25, 0.3) is 0 Å². The van der Waals surface area contributed by atoms with E-state index in [9.17, 15) is 34.1 Å². The summed E-state index contributed by atoms with van der Waals surface area (Å²) >= 11 is 0. The van der Waals surface area contributed by atoms with E-state index in [1.54, 1.807) is 0 Å². The van der Waals surface area contributed by atoms with Gasteiger partial charge in [0.25, 0.3) is 0 Å². The molecule has 0 radical (unpaired) electrons. The summed E-state index contributed by atoms with van der Waals surface area (Å²) in [5.74, 6) is -2.41. The van der Waals surface area contributed by atoms with E-state index in [0.29, 0.717) is 12.8 Å². The van der Waals surface area contributed by atoms with Gasteiger partial charge in [0.15, 0.2) is 6.04 Å². The van der Waals surface area contributed by atoms with Gasteiger partial charge >= 0.3 is 19.8 Å². The smallest absolute Gasteiger partial charge is 0.472 e. The average Bonchev–Trinajstić information content (AvgIpc) is 3.25. The number of rotatable bonds is 44. The number of carbonyl (C=O) groups is 3. The Kier molecular flexibility index (Phi) is 42.3. The SMILES string of the molecule is CC/C=C\C/C=C\C/C=C\CCCCCCCC(=O)NC(COP(=O)(O)OCC(O)COC(=O)CCCCCCCCCCCC/C=C\C/C=C\C/C=C\CCCCC)C(=O)O. The summed E-state index contributed by atoms with van der Waals surface area (Å²) < 4.78 is 26.9. The summed E-state index contributed by atoms with van der Waals surface area (Å²) in [5, 5.41) is 21.9. The van der Waals surface area contributed by atoms with Gasteiger partial charge in [-0.05, 0) is 83.5 Å². The molecule has 12 heteroatoms. The van der Waals surface area contributed by atoms with Crippen molar-refractivity contribution in [2.45, 2.75) is 206 Å². The molecule has 356 valence electrons. The second-order valence-electron chi connectivity index (χ2n) is 15.9. The molecule has 0 aliphatic carbocycles. The molecule has 3 unspecified atom stereocenters. The van der Waals surface area contributed by atoms with Crippen LogP contribution in [0.2, 0.25) is 0 Å². The molecule has 0 spiro atoms. The molecule has 0 aliphatic heterocycles. The van der Waals surface area contributed by atoms with Crippen LogP contribution >= 0.6 is 7.82 Å². The van der Waals surface area contributed by atoms with Crippen LogP contribution in [0.15, 0.2) is 72.9 Å². The van der Waals surface area contributed by atoms with E-state index >= 15 is 0 Å². The number of esters is 1. The van der Waals surface area contributed by atoms with Crippen LogP contribution in [0.1, 0.15) is 194 Å². The second-order valence-corrected chi connectivity index (χ2v) is 17.4. The number of amides is 1. The highest BCUT2D eigenvalue weighted by Crippen LogP contribution is 2.43. The molecule has 0 aliphatic rings. The van der Waals surface area contributed by atoms with Crippen LogP contribution in [-0.2, 0) is 32.7 Å². The van der Waals surface area contributed by atoms with Gasteiger partial charge < -0.3 is 25.2 Å². The fourth-order valence-electron chi connectivity index (χ4n) is 6.28. The topological polar surface area (TPSA) is 169 Å². The minimum Gasteiger partial charge on any atom is -0.480 e. The maximum atomic E-state index is 12.3. The fraction of sp³-hybridized carbons (Fsp3) is 0.700. The zero-order valence-corrected chi connectivity index (χ0v) is 39.5. The lowest BCUT2D eigenvalue weighted by atomic mass is 10.1. The number of hydrogen-bond donors (Lipinski definition) is 4. The molecule has 0 aromatic carbocycles. The number of carboxylic acids is 1. The number of aliphatic hydroxyl groups excluding tert-OH is 1. The Hall–Kier alpha value is -3.08. The van der Waals surface area contributed by atoms with Crippen molar-refractivity contribution < 1.29 is 47.8 Å². The van der Waals surface area contributed by atoms with Gasteiger partial charge in [0.2, 0.25) is 5.91 Å². The largest absolute Gasteiger partial charge is 0.480 e. The number of nitrogens with one attached hydrogen (secondary N) is 1. The monoisotopic (exact) mass is 892 g/mol. The Morgan fingerprint density at radius 3 is 1.40 bits per heavy atom. The van der Waals surface area contributed by atoms with Gasteiger partial charge in [-0.25, -0.2) is 9.36 Å². The van der Waals surface area contributed by atoms with Gasteiger partial charge in [-0.15, -0.1) is 0 Å². The maximum Gasteiger partial charge on any atom is 0.472 e. The number of aliphatic carboxylic acids is 1. The summed E-state index contributed by atoms with van der Waals surface area (Å²) in [6.07, 6.45) is 53.5. The Morgan fingerprint density at radius 2 is 0.935 bits per heavy atom. The molecule has 1 amide bonds. The molecular formula is C50H86NO10P. The predicted molar refractivity (Wildman–Crippen MR) is 254 cm³/mol. The van der Waals surface area contributed by atoms with Crippen molar-refractivity contribution in [2.24, 2.45) is 0 Å². The fourth-order valence-corrected chi connectivity index (χ4v) is 7.05. The molecule has 0 saturated heterocycles. The molecule has 62 heavy (non-hydrogen) atoms. The quantitative estimate of drug-likeness (QED) is 0.0200. The van der Waals surface area contributed by atoms with Crippen LogP contribution in [0.3, 0.4) is 0 Å². The highest BCUT2D eigenvalue weighted by atomic mass is 31.2. The second kappa shape index (κ2) is 44.5. The first-order valence-corrected chi connectivity index (χ1v) is 25.5. The highest BCUT2D eigenvalue weighted by Gasteiger charge is 2.28. The van der Waals surface area contributed by atoms with Crippen LogP contribution in [-0.4, -0.2) is 64.9 Å². The third-order valence-corrected chi connectivity index (χ3v) is 10.9. The highest BCUT2D eigenvalue weighted by molar-refractivity contribution is 7.47. The molecule has 0 fully saturated rings. The van der Waals surface area contributed by atoms with Gasteiger partial charge in [0.1, 0.15) is 12.7 Å². The van der Waals surface area contributed by atoms with E-state index in [2.05, 4.69) is 92.1 Å². The number of phosphoric ester groups is 1. The average molecular weight is 892 g/mol. The first kappa shape index (κ1) is 58.9. The van der Waals surface area contributed by atoms with Crippen molar-refractivity contribution in [1.29, 1.82) is 0 Å². The summed E-state index contributed by atoms with van der Waals surface area (Å²) in [4.78, 5) is 46.0. The van der Waals surface area contributed by atoms with E-state index in [-0.39, 0.29) is 12.8 Å². The lowest BCUT2D eigenvalue weighted by molar-refractivity contribution is -0.147. The van der Waals surface area contributed by atoms with Gasteiger partial charge in [0, 0.05) is 12.8 Å². The van der Waals surface area contributed by atoms with Gasteiger partial charge in [-0.1, -0.05) is 170 Å². The Bertz CT molecular complexity index is 1320. The normalized spacial score (nSPS) is 14.3. The van der Waals surface area contributed by atoms with Crippen molar-refractivity contribution in [3.63, 3.8) is 0 Å². The molecule has 0 bridgehead atoms. The van der Waals surface area contributed by atoms with Crippen molar-refractivity contribution in [1.82, 2.24) is 5.32 Å². The minimum absolute atomic E-state index is 0.123. The van der Waals surface area contributed by atoms with Gasteiger partial charge in [0.05, 0.1) is 13.2 Å². The molecule has 0 aromatic rings. The molecule has 4 N–H and O–H groups in total. The summed E-state index contributed by atoms with van der Waals surface area (Å²) in [6, 6.07) is -1.56. The maximum absolute atomic E-state index is 12.3. The first-order valence-electron chi connectivity index (χ1n) is 24.0. The van der Waals surface area contributed by atoms with E-state index in [0.717, 1.165) is 89.9 Å². The van der Waals surface area contributed by atoms with Crippen LogP contribution in [0.4, 0.5) is 0 Å². The Balaban J connectivity index is 3.86. The molecular weight excluding hydrogens is 806 g/mol. The number of hydrogen-bond acceptors (Lipinski definition) is 8. The van der Waals surface area contributed by atoms with Crippen molar-refractivity contribution in [3.8, 4) is 0 Å². The third kappa shape index (κ3) is 43.6. The van der Waals surface area contributed by atoms with E-state index in [1.165, 1.54) is 64.2 Å². The molecule has 3 atom stereocenters. The summed E-state index contributed by atoms with van der Waals surface area (Å²) in [6.45, 7) is 2.44. The van der Waals surface area contributed by atoms with E-state index < -0.39 is 57.6 Å². The van der Waals surface area contributed by atoms with Gasteiger partial charge in [-0.3, -0.25) is 18.6 Å². The number of unbranched alkanes of at least 4 members (excludes halogenated alkanes) is 18. The molecule has 0 heterocycles. The Labute approximate surface area is 376 Å². The number of ether oxygens (including phenoxy) is 1. The standard InChI is InChI=1S/C50H86NO10P/c1-3-5-7-9-11-13-15-17-19-20-21-22-23-24-25-26-28-30-32-34-36-38-40-42-49(54)59-43-46(52)44-60-62(57,58)61-45-47(50(55)56)51-48(53)41-39-37-35-33-31-29-27-18-16-14-12-10-8-6-4-2/h6,8,11-14,17-19,21-22,27,46-47,52H,3-5,7,9-10,15-16,20,23-26,28-45H2,1-2H3,(H,51,53)(H,55,56)(H,57,58)/b8-6-,13-11-,14-12-,19-17-,22-21-,27-18-. The zero-order chi connectivity index (χ0) is 45.6. The lowest BCUT2D eigenvalue weighted by Crippen LogP contribution is -2.43. The Morgan fingerprint density at radius 1 is 0.532 bits per heavy atom. The van der Waals surface area contributed by atoms with Gasteiger partial charge in [-0.2, -0.15) is 0 Å². The number of carbonyl (C=O) groups excluding carboxylic acids is 2. The third-order valence-electron chi connectivity index (χ3n) is 9.98. The van der Waals surface area contributed by atoms with Crippen molar-refractivity contribution in [2.75, 3.05) is 19.8 Å².